The van der Waals surface area contributed by atoms with Gasteiger partial charge in [-0.3, -0.25) is 14.9 Å². The molecule has 0 fully saturated rings. The van der Waals surface area contributed by atoms with E-state index in [1.54, 1.807) is 55.7 Å². The number of aromatic nitrogens is 1. The fourth-order valence-corrected chi connectivity index (χ4v) is 6.63. The van der Waals surface area contributed by atoms with Crippen LogP contribution < -0.4 is 15.8 Å². The number of ether oxygens (including phenoxy) is 1. The van der Waals surface area contributed by atoms with Gasteiger partial charge < -0.3 is 30.8 Å². The van der Waals surface area contributed by atoms with E-state index in [0.29, 0.717) is 36.1 Å². The van der Waals surface area contributed by atoms with Crippen molar-refractivity contribution >= 4 is 11.6 Å². The molecule has 5 rings (SSSR count). The molecular weight excluding hydrogens is 642 g/mol. The minimum absolute atomic E-state index is 0.0256. The second kappa shape index (κ2) is 18.5. The summed E-state index contributed by atoms with van der Waals surface area (Å²) < 4.78 is 6.01. The van der Waals surface area contributed by atoms with Gasteiger partial charge in [0, 0.05) is 55.2 Å². The van der Waals surface area contributed by atoms with Crippen molar-refractivity contribution in [2.45, 2.75) is 89.3 Å². The molecule has 2 heterocycles. The number of carbonyl (C=O) groups is 2. The van der Waals surface area contributed by atoms with E-state index in [4.69, 9.17) is 10.5 Å². The monoisotopic (exact) mass is 693 g/mol. The summed E-state index contributed by atoms with van der Waals surface area (Å²) >= 11 is 0. The molecule has 3 unspecified atom stereocenters. The van der Waals surface area contributed by atoms with Crippen LogP contribution in [0, 0.1) is 0 Å². The molecule has 0 radical (unpaired) electrons. The van der Waals surface area contributed by atoms with Gasteiger partial charge in [-0.15, -0.1) is 0 Å². The average Bonchev–Trinajstić information content (AvgIpc) is 3.67. The van der Waals surface area contributed by atoms with Crippen LogP contribution in [0.15, 0.2) is 85.2 Å². The number of nitrogens with two attached hydrogens (primary N) is 1. The van der Waals surface area contributed by atoms with Crippen LogP contribution in [0.1, 0.15) is 108 Å². The van der Waals surface area contributed by atoms with Gasteiger partial charge in [0.25, 0.3) is 0 Å². The maximum absolute atomic E-state index is 13.4. The van der Waals surface area contributed by atoms with Gasteiger partial charge in [-0.2, -0.15) is 0 Å². The molecule has 1 aliphatic heterocycles. The Labute approximate surface area is 300 Å². The number of phenols is 2. The van der Waals surface area contributed by atoms with Crippen molar-refractivity contribution in [2.24, 2.45) is 5.73 Å². The lowest BCUT2D eigenvalue weighted by molar-refractivity contribution is -0.114. The van der Waals surface area contributed by atoms with Gasteiger partial charge in [0.1, 0.15) is 5.75 Å². The number of aliphatic hydroxyl groups excluding tert-OH is 1. The number of phenolic OH excluding ortho intramolecular Hbond substituents is 2. The average molecular weight is 694 g/mol. The zero-order valence-electron chi connectivity index (χ0n) is 29.4. The van der Waals surface area contributed by atoms with Crippen LogP contribution in [0.4, 0.5) is 0 Å². The Bertz CT molecular complexity index is 1780. The number of fused-ring (bicyclic) bond motifs is 1. The summed E-state index contributed by atoms with van der Waals surface area (Å²) in [5.41, 5.74) is 12.5. The molecule has 3 aromatic carbocycles. The van der Waals surface area contributed by atoms with E-state index < -0.39 is 0 Å². The zero-order chi connectivity index (χ0) is 36.2. The third-order valence-corrected chi connectivity index (χ3v) is 9.57. The summed E-state index contributed by atoms with van der Waals surface area (Å²) in [5, 5.41) is 34.2. The lowest BCUT2D eigenvalue weighted by Crippen LogP contribution is -2.35. The largest absolute Gasteiger partial charge is 0.508 e. The summed E-state index contributed by atoms with van der Waals surface area (Å²) in [6.07, 6.45) is 13.6. The number of hydrogen-bond acceptors (Lipinski definition) is 8. The van der Waals surface area contributed by atoms with Gasteiger partial charge in [0.2, 0.25) is 0 Å². The van der Waals surface area contributed by atoms with E-state index in [9.17, 15) is 24.9 Å². The van der Waals surface area contributed by atoms with Crippen molar-refractivity contribution in [2.75, 3.05) is 13.2 Å². The number of ketones is 2. The molecule has 7 N–H and O–H groups in total. The Morgan fingerprint density at radius 1 is 0.980 bits per heavy atom. The summed E-state index contributed by atoms with van der Waals surface area (Å²) in [4.78, 5) is 28.7. The highest BCUT2D eigenvalue weighted by molar-refractivity contribution is 5.96. The molecule has 0 amide bonds. The predicted molar refractivity (Wildman–Crippen MR) is 199 cm³/mol. The second-order valence-electron chi connectivity index (χ2n) is 13.6. The number of aromatic amines is 1. The molecule has 0 saturated carbocycles. The number of aryl methyl sites for hydroxylation is 1. The van der Waals surface area contributed by atoms with Gasteiger partial charge >= 0.3 is 0 Å². The van der Waals surface area contributed by atoms with Crippen molar-refractivity contribution in [3.63, 3.8) is 0 Å². The van der Waals surface area contributed by atoms with Crippen LogP contribution >= 0.6 is 0 Å². The van der Waals surface area contributed by atoms with Crippen molar-refractivity contribution in [1.82, 2.24) is 10.3 Å². The zero-order valence-corrected chi connectivity index (χ0v) is 29.4. The number of carbonyl (C=O) groups excluding carboxylic acids is 2. The number of H-pyrrole nitrogens is 1. The molecule has 51 heavy (non-hydrogen) atoms. The fourth-order valence-electron chi connectivity index (χ4n) is 6.63. The first-order chi connectivity index (χ1) is 24.7. The Morgan fingerprint density at radius 3 is 2.57 bits per heavy atom. The maximum Gasteiger partial charge on any atom is 0.165 e. The smallest absolute Gasteiger partial charge is 0.165 e. The van der Waals surface area contributed by atoms with E-state index in [-0.39, 0.29) is 54.3 Å². The standard InChI is InChI=1S/C42H51N3O6/c1-28(46)7-5-3-2-4-6-8-34(47)13-9-29-11-16-39(49)41(24-29)51-22-19-30-10-15-38(48)37(23-30)36(26-40(50)33-17-20-44-27-33)31-12-14-35-32(25-31)18-21-45-42(35)43/h6,8,10-12,14-17,20,23-25,27-28,36,42,44-46,48-49H,2-5,7,9,13,18-19,21-22,26,43H2,1H3. The fraction of sp³-hybridized carbons (Fsp3) is 0.381. The van der Waals surface area contributed by atoms with E-state index in [1.165, 1.54) is 0 Å². The predicted octanol–water partition coefficient (Wildman–Crippen LogP) is 6.94. The maximum atomic E-state index is 13.4. The molecular formula is C42H51N3O6. The SMILES string of the molecule is CC(O)CCCCCC=CC(=O)CCc1ccc(O)c(OCCc2ccc(O)c(C(CC(=O)c3cc[nH]c3)c3ccc4c(c3)CCNC4N)c2)c1. The minimum atomic E-state index is -0.385. The van der Waals surface area contributed by atoms with E-state index in [0.717, 1.165) is 72.9 Å². The summed E-state index contributed by atoms with van der Waals surface area (Å²) in [6, 6.07) is 18.5. The molecule has 0 saturated heterocycles. The number of hydrogen-bond donors (Lipinski definition) is 6. The van der Waals surface area contributed by atoms with Crippen LogP contribution in [0.2, 0.25) is 0 Å². The van der Waals surface area contributed by atoms with Crippen LogP contribution in [0.5, 0.6) is 17.2 Å². The van der Waals surface area contributed by atoms with Crippen LogP contribution in [0.3, 0.4) is 0 Å². The molecule has 270 valence electrons. The molecule has 1 aliphatic rings. The van der Waals surface area contributed by atoms with Gasteiger partial charge in [0.15, 0.2) is 23.1 Å². The van der Waals surface area contributed by atoms with Crippen molar-refractivity contribution in [3.05, 3.63) is 124 Å². The summed E-state index contributed by atoms with van der Waals surface area (Å²) in [5.74, 6) is 0.134. The number of allylic oxidation sites excluding steroid dienone is 2. The number of aromatic hydroxyl groups is 2. The molecule has 4 aromatic rings. The van der Waals surface area contributed by atoms with Crippen molar-refractivity contribution in [3.8, 4) is 17.2 Å². The first-order valence-corrected chi connectivity index (χ1v) is 18.1. The molecule has 1 aromatic heterocycles. The second-order valence-corrected chi connectivity index (χ2v) is 13.6. The summed E-state index contributed by atoms with van der Waals surface area (Å²) in [6.45, 7) is 2.85. The van der Waals surface area contributed by atoms with E-state index in [1.807, 2.05) is 30.3 Å². The topological polar surface area (TPSA) is 158 Å². The van der Waals surface area contributed by atoms with Crippen molar-refractivity contribution in [1.29, 1.82) is 0 Å². The molecule has 0 spiro atoms. The van der Waals surface area contributed by atoms with Gasteiger partial charge in [0.05, 0.1) is 18.9 Å². The highest BCUT2D eigenvalue weighted by atomic mass is 16.5. The first-order valence-electron chi connectivity index (χ1n) is 18.1. The van der Waals surface area contributed by atoms with E-state index >= 15 is 0 Å². The Kier molecular flexibility index (Phi) is 13.6. The number of nitrogens with one attached hydrogen (secondary N) is 2. The quantitative estimate of drug-likeness (QED) is 0.0350. The minimum Gasteiger partial charge on any atom is -0.508 e. The Morgan fingerprint density at radius 2 is 1.78 bits per heavy atom. The number of aliphatic hydroxyl groups is 1. The van der Waals surface area contributed by atoms with Crippen molar-refractivity contribution < 1.29 is 29.6 Å². The van der Waals surface area contributed by atoms with Gasteiger partial charge in [-0.25, -0.2) is 0 Å². The number of unbranched alkanes of at least 4 members (excludes halogenated alkanes) is 3. The number of benzene rings is 3. The Hall–Kier alpha value is -4.70. The van der Waals surface area contributed by atoms with Crippen LogP contribution in [-0.2, 0) is 24.1 Å². The molecule has 9 heteroatoms. The van der Waals surface area contributed by atoms with Crippen LogP contribution in [0.25, 0.3) is 0 Å². The number of Topliss-reactive ketones (excluding diaryl/α,β-unsaturated/α-hetero) is 1. The van der Waals surface area contributed by atoms with Gasteiger partial charge in [-0.1, -0.05) is 55.3 Å². The van der Waals surface area contributed by atoms with Crippen LogP contribution in [-0.4, -0.2) is 51.1 Å². The third kappa shape index (κ3) is 10.9. The first kappa shape index (κ1) is 37.6. The van der Waals surface area contributed by atoms with E-state index in [2.05, 4.69) is 16.4 Å². The molecule has 0 aliphatic carbocycles. The molecule has 3 atom stereocenters. The number of rotatable bonds is 19. The highest BCUT2D eigenvalue weighted by Gasteiger charge is 2.25. The summed E-state index contributed by atoms with van der Waals surface area (Å²) in [7, 11) is 0. The Balaban J connectivity index is 1.21. The lowest BCUT2D eigenvalue weighted by Gasteiger charge is -2.26. The van der Waals surface area contributed by atoms with Gasteiger partial charge in [-0.05, 0) is 97.2 Å². The molecule has 9 nitrogen and oxygen atoms in total. The molecule has 0 bridgehead atoms. The normalized spacial score (nSPS) is 15.4. The third-order valence-electron chi connectivity index (χ3n) is 9.57. The lowest BCUT2D eigenvalue weighted by atomic mass is 9.82. The highest BCUT2D eigenvalue weighted by Crippen LogP contribution is 2.37.